The summed E-state index contributed by atoms with van der Waals surface area (Å²) in [6.07, 6.45) is 3.87. The van der Waals surface area contributed by atoms with Gasteiger partial charge in [-0.25, -0.2) is 0 Å². The van der Waals surface area contributed by atoms with Gasteiger partial charge in [-0.2, -0.15) is 5.10 Å². The van der Waals surface area contributed by atoms with Crippen molar-refractivity contribution in [1.29, 1.82) is 0 Å². The highest BCUT2D eigenvalue weighted by Crippen LogP contribution is 2.16. The maximum atomic E-state index is 6.02. The van der Waals surface area contributed by atoms with Crippen LogP contribution in [0, 0.1) is 5.92 Å². The van der Waals surface area contributed by atoms with Crippen LogP contribution in [0.5, 0.6) is 0 Å². The SMILES string of the molecule is Cn1ccc(CC2COCCC2N)n1. The lowest BCUT2D eigenvalue weighted by Crippen LogP contribution is -2.39. The lowest BCUT2D eigenvalue weighted by Gasteiger charge is -2.27. The molecule has 2 heterocycles. The van der Waals surface area contributed by atoms with Crippen LogP contribution in [0.25, 0.3) is 0 Å². The van der Waals surface area contributed by atoms with E-state index >= 15 is 0 Å². The van der Waals surface area contributed by atoms with Gasteiger partial charge in [-0.05, 0) is 18.9 Å². The zero-order chi connectivity index (χ0) is 9.97. The van der Waals surface area contributed by atoms with Gasteiger partial charge in [-0.1, -0.05) is 0 Å². The number of nitrogens with two attached hydrogens (primary N) is 1. The molecule has 78 valence electrons. The molecule has 0 radical (unpaired) electrons. The van der Waals surface area contributed by atoms with Crippen molar-refractivity contribution < 1.29 is 4.74 Å². The molecule has 0 spiro atoms. The van der Waals surface area contributed by atoms with Gasteiger partial charge in [0.15, 0.2) is 0 Å². The Hall–Kier alpha value is -0.870. The lowest BCUT2D eigenvalue weighted by molar-refractivity contribution is 0.0418. The van der Waals surface area contributed by atoms with Gasteiger partial charge in [-0.15, -0.1) is 0 Å². The minimum Gasteiger partial charge on any atom is -0.381 e. The van der Waals surface area contributed by atoms with Gasteiger partial charge < -0.3 is 10.5 Å². The van der Waals surface area contributed by atoms with Crippen molar-refractivity contribution in [3.8, 4) is 0 Å². The molecular weight excluding hydrogens is 178 g/mol. The predicted molar refractivity (Wildman–Crippen MR) is 53.8 cm³/mol. The van der Waals surface area contributed by atoms with E-state index in [1.807, 2.05) is 24.0 Å². The highest BCUT2D eigenvalue weighted by atomic mass is 16.5. The topological polar surface area (TPSA) is 53.1 Å². The molecule has 1 aromatic rings. The first-order valence-corrected chi connectivity index (χ1v) is 5.07. The fraction of sp³-hybridized carbons (Fsp3) is 0.700. The summed E-state index contributed by atoms with van der Waals surface area (Å²) in [6, 6.07) is 2.31. The first-order chi connectivity index (χ1) is 6.75. The Bertz CT molecular complexity index is 297. The summed E-state index contributed by atoms with van der Waals surface area (Å²) in [5.74, 6) is 0.429. The fourth-order valence-electron chi connectivity index (χ4n) is 1.86. The lowest BCUT2D eigenvalue weighted by atomic mass is 9.92. The van der Waals surface area contributed by atoms with Crippen LogP contribution in [-0.4, -0.2) is 29.0 Å². The Labute approximate surface area is 84.0 Å². The van der Waals surface area contributed by atoms with Gasteiger partial charge in [0, 0.05) is 31.8 Å². The molecule has 1 aliphatic rings. The Morgan fingerprint density at radius 1 is 1.71 bits per heavy atom. The summed E-state index contributed by atoms with van der Waals surface area (Å²) in [7, 11) is 1.93. The number of hydrogen-bond acceptors (Lipinski definition) is 3. The molecule has 0 bridgehead atoms. The molecule has 14 heavy (non-hydrogen) atoms. The van der Waals surface area contributed by atoms with Crippen LogP contribution in [0.4, 0.5) is 0 Å². The predicted octanol–water partition coefficient (Wildman–Crippen LogP) is 0.326. The van der Waals surface area contributed by atoms with Crippen LogP contribution in [-0.2, 0) is 18.2 Å². The summed E-state index contributed by atoms with van der Waals surface area (Å²) < 4.78 is 7.24. The Morgan fingerprint density at radius 3 is 3.21 bits per heavy atom. The minimum atomic E-state index is 0.269. The monoisotopic (exact) mass is 195 g/mol. The molecule has 0 saturated carbocycles. The molecule has 2 N–H and O–H groups in total. The summed E-state index contributed by atoms with van der Waals surface area (Å²) in [5.41, 5.74) is 7.13. The van der Waals surface area contributed by atoms with Gasteiger partial charge >= 0.3 is 0 Å². The molecule has 2 unspecified atom stereocenters. The molecule has 2 rings (SSSR count). The van der Waals surface area contributed by atoms with Crippen LogP contribution in [0.3, 0.4) is 0 Å². The highest BCUT2D eigenvalue weighted by Gasteiger charge is 2.23. The molecule has 4 nitrogen and oxygen atoms in total. The van der Waals surface area contributed by atoms with Crippen LogP contribution >= 0.6 is 0 Å². The van der Waals surface area contributed by atoms with Gasteiger partial charge in [0.1, 0.15) is 0 Å². The maximum absolute atomic E-state index is 6.02. The van der Waals surface area contributed by atoms with Crippen molar-refractivity contribution in [1.82, 2.24) is 9.78 Å². The summed E-state index contributed by atoms with van der Waals surface area (Å²) >= 11 is 0. The van der Waals surface area contributed by atoms with Crippen LogP contribution in [0.15, 0.2) is 12.3 Å². The second-order valence-electron chi connectivity index (χ2n) is 3.97. The Balaban J connectivity index is 1.95. The van der Waals surface area contributed by atoms with E-state index in [0.29, 0.717) is 5.92 Å². The quantitative estimate of drug-likeness (QED) is 0.739. The van der Waals surface area contributed by atoms with E-state index in [9.17, 15) is 0 Å². The van der Waals surface area contributed by atoms with Crippen LogP contribution < -0.4 is 5.73 Å². The molecule has 4 heteroatoms. The smallest absolute Gasteiger partial charge is 0.0628 e. The van der Waals surface area contributed by atoms with E-state index in [-0.39, 0.29) is 6.04 Å². The summed E-state index contributed by atoms with van der Waals surface area (Å²) in [5, 5.41) is 4.34. The van der Waals surface area contributed by atoms with E-state index < -0.39 is 0 Å². The van der Waals surface area contributed by atoms with Crippen molar-refractivity contribution in [2.45, 2.75) is 18.9 Å². The second-order valence-corrected chi connectivity index (χ2v) is 3.97. The van der Waals surface area contributed by atoms with Gasteiger partial charge in [0.2, 0.25) is 0 Å². The highest BCUT2D eigenvalue weighted by molar-refractivity contribution is 5.01. The Morgan fingerprint density at radius 2 is 2.57 bits per heavy atom. The molecule has 0 amide bonds. The van der Waals surface area contributed by atoms with Crippen LogP contribution in [0.1, 0.15) is 12.1 Å². The largest absolute Gasteiger partial charge is 0.381 e. The number of ether oxygens (including phenoxy) is 1. The number of nitrogens with zero attached hydrogens (tertiary/aromatic N) is 2. The van der Waals surface area contributed by atoms with E-state index in [1.54, 1.807) is 0 Å². The number of aryl methyl sites for hydroxylation is 1. The van der Waals surface area contributed by atoms with Crippen LogP contribution in [0.2, 0.25) is 0 Å². The van der Waals surface area contributed by atoms with Crippen molar-refractivity contribution >= 4 is 0 Å². The molecule has 1 saturated heterocycles. The molecule has 0 aliphatic carbocycles. The third kappa shape index (κ3) is 2.13. The average Bonchev–Trinajstić information content (AvgIpc) is 2.56. The summed E-state index contributed by atoms with van der Waals surface area (Å²) in [6.45, 7) is 1.58. The van der Waals surface area contributed by atoms with E-state index in [4.69, 9.17) is 10.5 Å². The normalized spacial score (nSPS) is 27.9. The zero-order valence-electron chi connectivity index (χ0n) is 8.52. The molecule has 2 atom stereocenters. The zero-order valence-corrected chi connectivity index (χ0v) is 8.52. The molecular formula is C10H17N3O. The van der Waals surface area contributed by atoms with Crippen molar-refractivity contribution in [2.24, 2.45) is 18.7 Å². The van der Waals surface area contributed by atoms with E-state index in [2.05, 4.69) is 5.10 Å². The minimum absolute atomic E-state index is 0.269. The molecule has 1 fully saturated rings. The second kappa shape index (κ2) is 4.11. The van der Waals surface area contributed by atoms with Crippen molar-refractivity contribution in [3.63, 3.8) is 0 Å². The van der Waals surface area contributed by atoms with Gasteiger partial charge in [0.05, 0.1) is 12.3 Å². The number of hydrogen-bond donors (Lipinski definition) is 1. The molecule has 0 aromatic carbocycles. The third-order valence-electron chi connectivity index (χ3n) is 2.77. The van der Waals surface area contributed by atoms with E-state index in [1.165, 1.54) is 0 Å². The molecule has 1 aliphatic heterocycles. The Kier molecular flexibility index (Phi) is 2.84. The third-order valence-corrected chi connectivity index (χ3v) is 2.77. The standard InChI is InChI=1S/C10H17N3O/c1-13-4-2-9(12-13)6-8-7-14-5-3-10(8)11/h2,4,8,10H,3,5-7,11H2,1H3. The van der Waals surface area contributed by atoms with Gasteiger partial charge in [-0.3, -0.25) is 4.68 Å². The number of aromatic nitrogens is 2. The number of rotatable bonds is 2. The first kappa shape index (κ1) is 9.68. The fourth-order valence-corrected chi connectivity index (χ4v) is 1.86. The van der Waals surface area contributed by atoms with Gasteiger partial charge in [0.25, 0.3) is 0 Å². The summed E-state index contributed by atoms with van der Waals surface area (Å²) in [4.78, 5) is 0. The maximum Gasteiger partial charge on any atom is 0.0628 e. The molecule has 1 aromatic heterocycles. The first-order valence-electron chi connectivity index (χ1n) is 5.07. The van der Waals surface area contributed by atoms with Crippen molar-refractivity contribution in [2.75, 3.05) is 13.2 Å². The van der Waals surface area contributed by atoms with E-state index in [0.717, 1.165) is 31.7 Å². The van der Waals surface area contributed by atoms with Crippen molar-refractivity contribution in [3.05, 3.63) is 18.0 Å². The average molecular weight is 195 g/mol.